The van der Waals surface area contributed by atoms with Crippen LogP contribution in [-0.4, -0.2) is 33.9 Å². The highest BCUT2D eigenvalue weighted by atomic mass is 32.1. The highest BCUT2D eigenvalue weighted by Crippen LogP contribution is 2.35. The van der Waals surface area contributed by atoms with Crippen molar-refractivity contribution in [3.8, 4) is 0 Å². The molecule has 5 nitrogen and oxygen atoms in total. The summed E-state index contributed by atoms with van der Waals surface area (Å²) >= 11 is 1.67. The Hall–Kier alpha value is -2.47. The second-order valence-corrected chi connectivity index (χ2v) is 10.6. The van der Waals surface area contributed by atoms with E-state index >= 15 is 0 Å². The molecule has 1 N–H and O–H groups in total. The lowest BCUT2D eigenvalue weighted by molar-refractivity contribution is -0.132. The summed E-state index contributed by atoms with van der Waals surface area (Å²) in [6.07, 6.45) is 7.26. The van der Waals surface area contributed by atoms with Crippen LogP contribution in [-0.2, 0) is 30.5 Å². The molecule has 0 spiro atoms. The third-order valence-corrected chi connectivity index (χ3v) is 8.27. The number of nitrogens with zero attached hydrogens (tertiary/aromatic N) is 2. The molecule has 1 aromatic carbocycles. The maximum Gasteiger partial charge on any atom is 0.259 e. The lowest BCUT2D eigenvalue weighted by Gasteiger charge is -2.32. The average molecular weight is 450 g/mol. The van der Waals surface area contributed by atoms with Crippen molar-refractivity contribution in [3.63, 3.8) is 0 Å². The highest BCUT2D eigenvalue weighted by Gasteiger charge is 2.25. The molecule has 0 bridgehead atoms. The predicted molar refractivity (Wildman–Crippen MR) is 129 cm³/mol. The largest absolute Gasteiger partial charge is 0.343 e. The molecule has 32 heavy (non-hydrogen) atoms. The van der Waals surface area contributed by atoms with E-state index in [1.807, 2.05) is 4.90 Å². The van der Waals surface area contributed by atoms with Crippen LogP contribution in [0, 0.1) is 11.8 Å². The molecule has 1 amide bonds. The summed E-state index contributed by atoms with van der Waals surface area (Å²) < 4.78 is 0. The van der Waals surface area contributed by atoms with E-state index in [1.54, 1.807) is 11.3 Å². The highest BCUT2D eigenvalue weighted by molar-refractivity contribution is 7.18. The van der Waals surface area contributed by atoms with Crippen LogP contribution in [0.25, 0.3) is 10.2 Å². The number of piperidine rings is 1. The van der Waals surface area contributed by atoms with Crippen LogP contribution in [0.15, 0.2) is 35.1 Å². The second kappa shape index (κ2) is 9.18. The van der Waals surface area contributed by atoms with Crippen LogP contribution in [0.1, 0.15) is 54.4 Å². The molecule has 3 aromatic rings. The summed E-state index contributed by atoms with van der Waals surface area (Å²) in [5.74, 6) is 2.13. The van der Waals surface area contributed by atoms with Gasteiger partial charge in [-0.15, -0.1) is 11.3 Å². The minimum Gasteiger partial charge on any atom is -0.343 e. The third-order valence-electron chi connectivity index (χ3n) is 7.12. The van der Waals surface area contributed by atoms with Gasteiger partial charge in [0.1, 0.15) is 10.7 Å². The second-order valence-electron chi connectivity index (χ2n) is 9.56. The first-order valence-electron chi connectivity index (χ1n) is 11.9. The van der Waals surface area contributed by atoms with E-state index in [9.17, 15) is 9.59 Å². The summed E-state index contributed by atoms with van der Waals surface area (Å²) in [6, 6.07) is 10.6. The van der Waals surface area contributed by atoms with Crippen LogP contribution >= 0.6 is 11.3 Å². The summed E-state index contributed by atoms with van der Waals surface area (Å²) in [5.41, 5.74) is 2.55. The number of carbonyl (C=O) groups is 1. The molecule has 1 saturated heterocycles. The van der Waals surface area contributed by atoms with Gasteiger partial charge in [0, 0.05) is 30.8 Å². The number of amides is 1. The standard InChI is InChI=1S/C26H31N3O2S/c1-17-7-8-20-21(15-17)32-26-24(20)25(31)27-22(28-26)9-10-23(30)29-13-11-19(12-14-29)16-18-5-3-2-4-6-18/h2-6,17,19H,7-16H2,1H3,(H,27,28,31)/t17-/m0/s1. The van der Waals surface area contributed by atoms with E-state index in [2.05, 4.69) is 42.2 Å². The SMILES string of the molecule is C[C@H]1CCc2c(sc3nc(CCC(=O)N4CCC(Cc5ccccc5)CC4)[nH]c(=O)c23)C1. The molecule has 168 valence electrons. The van der Waals surface area contributed by atoms with Crippen LogP contribution < -0.4 is 5.56 Å². The third kappa shape index (κ3) is 4.51. The molecule has 0 radical (unpaired) electrons. The minimum absolute atomic E-state index is 0.0359. The van der Waals surface area contributed by atoms with Gasteiger partial charge in [-0.1, -0.05) is 37.3 Å². The maximum absolute atomic E-state index is 12.8. The van der Waals surface area contributed by atoms with E-state index < -0.39 is 0 Å². The van der Waals surface area contributed by atoms with Crippen molar-refractivity contribution in [2.75, 3.05) is 13.1 Å². The molecule has 0 saturated carbocycles. The topological polar surface area (TPSA) is 66.1 Å². The molecule has 2 aromatic heterocycles. The van der Waals surface area contributed by atoms with Crippen molar-refractivity contribution < 1.29 is 4.79 Å². The molecule has 5 rings (SSSR count). The zero-order valence-corrected chi connectivity index (χ0v) is 19.5. The van der Waals surface area contributed by atoms with Gasteiger partial charge in [0.2, 0.25) is 5.91 Å². The number of thiophene rings is 1. The first-order valence-corrected chi connectivity index (χ1v) is 12.7. The fourth-order valence-electron chi connectivity index (χ4n) is 5.23. The first kappa shape index (κ1) is 21.4. The van der Waals surface area contributed by atoms with Crippen molar-refractivity contribution >= 4 is 27.5 Å². The van der Waals surface area contributed by atoms with Crippen LogP contribution in [0.5, 0.6) is 0 Å². The monoisotopic (exact) mass is 449 g/mol. The minimum atomic E-state index is -0.0359. The zero-order valence-electron chi connectivity index (χ0n) is 18.7. The Balaban J connectivity index is 1.18. The number of rotatable bonds is 5. The van der Waals surface area contributed by atoms with Gasteiger partial charge in [0.15, 0.2) is 0 Å². The Morgan fingerprint density at radius 3 is 2.75 bits per heavy atom. The van der Waals surface area contributed by atoms with Crippen molar-refractivity contribution in [1.82, 2.24) is 14.9 Å². The van der Waals surface area contributed by atoms with Crippen molar-refractivity contribution in [3.05, 3.63) is 62.5 Å². The number of aromatic amines is 1. The normalized spacial score (nSPS) is 19.3. The van der Waals surface area contributed by atoms with E-state index in [4.69, 9.17) is 4.98 Å². The quantitative estimate of drug-likeness (QED) is 0.623. The van der Waals surface area contributed by atoms with E-state index in [0.29, 0.717) is 30.5 Å². The smallest absolute Gasteiger partial charge is 0.259 e. The maximum atomic E-state index is 12.8. The van der Waals surface area contributed by atoms with E-state index in [-0.39, 0.29) is 11.5 Å². The van der Waals surface area contributed by atoms with Gasteiger partial charge in [0.25, 0.3) is 5.56 Å². The van der Waals surface area contributed by atoms with Crippen molar-refractivity contribution in [1.29, 1.82) is 0 Å². The lowest BCUT2D eigenvalue weighted by atomic mass is 9.89. The fourth-order valence-corrected chi connectivity index (χ4v) is 6.63. The Kier molecular flexibility index (Phi) is 6.13. The van der Waals surface area contributed by atoms with Gasteiger partial charge in [-0.3, -0.25) is 9.59 Å². The molecular formula is C26H31N3O2S. The van der Waals surface area contributed by atoms with E-state index in [1.165, 1.54) is 16.0 Å². The predicted octanol–water partition coefficient (Wildman–Crippen LogP) is 4.52. The molecule has 1 atom stereocenters. The molecule has 2 aliphatic rings. The molecule has 1 aliphatic heterocycles. The zero-order chi connectivity index (χ0) is 22.1. The number of fused-ring (bicyclic) bond motifs is 3. The average Bonchev–Trinajstić information content (AvgIpc) is 3.16. The van der Waals surface area contributed by atoms with Crippen LogP contribution in [0.2, 0.25) is 0 Å². The number of hydrogen-bond donors (Lipinski definition) is 1. The van der Waals surface area contributed by atoms with Crippen molar-refractivity contribution in [2.45, 2.75) is 58.3 Å². The van der Waals surface area contributed by atoms with E-state index in [0.717, 1.165) is 61.8 Å². The number of likely N-dealkylation sites (tertiary alicyclic amines) is 1. The van der Waals surface area contributed by atoms with Gasteiger partial charge in [-0.25, -0.2) is 4.98 Å². The number of nitrogens with one attached hydrogen (secondary N) is 1. The van der Waals surface area contributed by atoms with Gasteiger partial charge < -0.3 is 9.88 Å². The first-order chi connectivity index (χ1) is 15.6. The summed E-state index contributed by atoms with van der Waals surface area (Å²) in [7, 11) is 0. The summed E-state index contributed by atoms with van der Waals surface area (Å²) in [5, 5.41) is 0.785. The van der Waals surface area contributed by atoms with Crippen LogP contribution in [0.4, 0.5) is 0 Å². The van der Waals surface area contributed by atoms with Gasteiger partial charge in [-0.05, 0) is 61.5 Å². The van der Waals surface area contributed by atoms with Crippen molar-refractivity contribution in [2.24, 2.45) is 11.8 Å². The molecule has 3 heterocycles. The Labute approximate surface area is 192 Å². The number of H-pyrrole nitrogens is 1. The molecule has 1 fully saturated rings. The molecule has 1 aliphatic carbocycles. The number of aryl methyl sites for hydroxylation is 2. The lowest BCUT2D eigenvalue weighted by Crippen LogP contribution is -2.39. The van der Waals surface area contributed by atoms with Gasteiger partial charge in [-0.2, -0.15) is 0 Å². The fraction of sp³-hybridized carbons (Fsp3) is 0.500. The van der Waals surface area contributed by atoms with Crippen LogP contribution in [0.3, 0.4) is 0 Å². The molecular weight excluding hydrogens is 418 g/mol. The summed E-state index contributed by atoms with van der Waals surface area (Å²) in [6.45, 7) is 3.93. The number of aromatic nitrogens is 2. The Morgan fingerprint density at radius 2 is 1.97 bits per heavy atom. The molecule has 0 unspecified atom stereocenters. The Morgan fingerprint density at radius 1 is 1.19 bits per heavy atom. The number of carbonyl (C=O) groups excluding carboxylic acids is 1. The van der Waals surface area contributed by atoms with Gasteiger partial charge >= 0.3 is 0 Å². The summed E-state index contributed by atoms with van der Waals surface area (Å²) in [4.78, 5) is 37.4. The number of hydrogen-bond acceptors (Lipinski definition) is 4. The molecule has 6 heteroatoms. The Bertz CT molecular complexity index is 1160. The number of benzene rings is 1. The van der Waals surface area contributed by atoms with Gasteiger partial charge in [0.05, 0.1) is 5.39 Å².